The first-order valence-corrected chi connectivity index (χ1v) is 11.8. The van der Waals surface area contributed by atoms with Crippen molar-refractivity contribution >= 4 is 41.5 Å². The Kier molecular flexibility index (Phi) is 10.2. The molecule has 9 heteroatoms. The van der Waals surface area contributed by atoms with Gasteiger partial charge in [-0.15, -0.1) is 0 Å². The van der Waals surface area contributed by atoms with Crippen molar-refractivity contribution in [1.82, 2.24) is 0 Å². The fraction of sp³-hybridized carbons (Fsp3) is 0.133. The second-order valence-electron chi connectivity index (χ2n) is 8.10. The van der Waals surface area contributed by atoms with Crippen molar-refractivity contribution in [3.05, 3.63) is 96.1 Å². The molecule has 0 radical (unpaired) electrons. The van der Waals surface area contributed by atoms with Gasteiger partial charge in [0.2, 0.25) is 12.7 Å². The topological polar surface area (TPSA) is 113 Å². The summed E-state index contributed by atoms with van der Waals surface area (Å²) in [7, 11) is 1.51. The van der Waals surface area contributed by atoms with E-state index in [4.69, 9.17) is 18.9 Å². The molecule has 0 saturated carbocycles. The summed E-state index contributed by atoms with van der Waals surface area (Å²) in [4.78, 5) is 39.3. The molecule has 0 aliphatic rings. The highest BCUT2D eigenvalue weighted by Crippen LogP contribution is 2.27. The van der Waals surface area contributed by atoms with Gasteiger partial charge in [0.05, 0.1) is 18.5 Å². The molecule has 0 unspecified atom stereocenters. The van der Waals surface area contributed by atoms with Crippen LogP contribution in [0.2, 0.25) is 0 Å². The molecule has 0 bridgehead atoms. The van der Waals surface area contributed by atoms with Gasteiger partial charge < -0.3 is 24.3 Å². The second-order valence-corrected chi connectivity index (χ2v) is 8.10. The molecule has 0 saturated heterocycles. The lowest BCUT2D eigenvalue weighted by atomic mass is 10.1. The number of benzene rings is 3. The lowest BCUT2D eigenvalue weighted by Gasteiger charge is -2.09. The van der Waals surface area contributed by atoms with E-state index in [1.807, 2.05) is 19.1 Å². The summed E-state index contributed by atoms with van der Waals surface area (Å²) in [6, 6.07) is 17.4. The zero-order chi connectivity index (χ0) is 28.2. The molecule has 0 atom stereocenters. The maximum Gasteiger partial charge on any atom is 0.336 e. The molecular weight excluding hydrogens is 500 g/mol. The summed E-state index contributed by atoms with van der Waals surface area (Å²) in [6.07, 6.45) is 5.65. The van der Waals surface area contributed by atoms with Crippen LogP contribution in [0.4, 0.5) is 11.4 Å². The summed E-state index contributed by atoms with van der Waals surface area (Å²) in [5, 5.41) is 2.69. The molecule has 1 N–H and O–H groups in total. The molecule has 3 aromatic rings. The van der Waals surface area contributed by atoms with Crippen molar-refractivity contribution in [2.24, 2.45) is 4.99 Å². The highest BCUT2D eigenvalue weighted by Gasteiger charge is 2.07. The number of hydrogen-bond donors (Lipinski definition) is 1. The third kappa shape index (κ3) is 9.01. The Morgan fingerprint density at radius 2 is 1.67 bits per heavy atom. The Morgan fingerprint density at radius 1 is 0.949 bits per heavy atom. The number of amides is 1. The average Bonchev–Trinajstić information content (AvgIpc) is 2.92. The number of carbonyl (C=O) groups excluding carboxylic acids is 3. The molecule has 0 spiro atoms. The summed E-state index contributed by atoms with van der Waals surface area (Å²) in [6.45, 7) is 6.38. The summed E-state index contributed by atoms with van der Waals surface area (Å²) in [5.74, 6) is 0.0968. The van der Waals surface area contributed by atoms with E-state index in [1.165, 1.54) is 20.1 Å². The number of methoxy groups -OCH3 is 1. The highest BCUT2D eigenvalue weighted by molar-refractivity contribution is 5.92. The molecule has 0 fully saturated rings. The van der Waals surface area contributed by atoms with E-state index >= 15 is 0 Å². The quantitative estimate of drug-likeness (QED) is 0.117. The van der Waals surface area contributed by atoms with E-state index in [-0.39, 0.29) is 12.7 Å². The van der Waals surface area contributed by atoms with Crippen LogP contribution in [0.15, 0.2) is 84.4 Å². The fourth-order valence-electron chi connectivity index (χ4n) is 3.28. The van der Waals surface area contributed by atoms with Crippen molar-refractivity contribution in [1.29, 1.82) is 0 Å². The van der Waals surface area contributed by atoms with Crippen molar-refractivity contribution in [3.8, 4) is 17.2 Å². The molecule has 0 aliphatic carbocycles. The van der Waals surface area contributed by atoms with E-state index in [1.54, 1.807) is 60.8 Å². The van der Waals surface area contributed by atoms with Crippen molar-refractivity contribution in [2.75, 3.05) is 19.2 Å². The van der Waals surface area contributed by atoms with E-state index in [2.05, 4.69) is 16.9 Å². The number of ether oxygens (including phenoxy) is 4. The standard InChI is InChI=1S/C30H28N2O7/c1-5-29(34)38-19-37-24-10-6-23(7-11-24)18-31-26-13-12-25(16-20(26)2)39-30(35)15-9-22-8-14-28(36-4)27(17-22)32-21(3)33/h5-18H,1,19H2,2-4H3,(H,32,33)/b15-9+,31-18+. The first-order chi connectivity index (χ1) is 18.8. The van der Waals surface area contributed by atoms with Crippen LogP contribution in [0.5, 0.6) is 17.2 Å². The number of nitrogens with one attached hydrogen (secondary N) is 1. The molecule has 0 heterocycles. The SMILES string of the molecule is C=CC(=O)OCOc1ccc(/C=N/c2ccc(OC(=O)/C=C/c3ccc(OC)c(NC(C)=O)c3)cc2C)cc1. The maximum atomic E-state index is 12.3. The Morgan fingerprint density at radius 3 is 2.33 bits per heavy atom. The smallest absolute Gasteiger partial charge is 0.336 e. The van der Waals surface area contributed by atoms with E-state index in [0.29, 0.717) is 34.2 Å². The lowest BCUT2D eigenvalue weighted by molar-refractivity contribution is -0.144. The van der Waals surface area contributed by atoms with Gasteiger partial charge >= 0.3 is 11.9 Å². The van der Waals surface area contributed by atoms with E-state index in [9.17, 15) is 14.4 Å². The maximum absolute atomic E-state index is 12.3. The Balaban J connectivity index is 1.58. The van der Waals surface area contributed by atoms with Crippen LogP contribution in [-0.2, 0) is 19.1 Å². The molecule has 9 nitrogen and oxygen atoms in total. The van der Waals surface area contributed by atoms with Crippen molar-refractivity contribution < 1.29 is 33.3 Å². The van der Waals surface area contributed by atoms with Crippen LogP contribution in [0.1, 0.15) is 23.6 Å². The van der Waals surface area contributed by atoms with Crippen molar-refractivity contribution in [2.45, 2.75) is 13.8 Å². The molecule has 39 heavy (non-hydrogen) atoms. The van der Waals surface area contributed by atoms with Crippen LogP contribution in [0.3, 0.4) is 0 Å². The summed E-state index contributed by atoms with van der Waals surface area (Å²) >= 11 is 0. The van der Waals surface area contributed by atoms with E-state index < -0.39 is 11.9 Å². The van der Waals surface area contributed by atoms with Crippen molar-refractivity contribution in [3.63, 3.8) is 0 Å². The van der Waals surface area contributed by atoms with Gasteiger partial charge in [0.15, 0.2) is 0 Å². The van der Waals surface area contributed by atoms with Crippen LogP contribution in [0.25, 0.3) is 6.08 Å². The monoisotopic (exact) mass is 528 g/mol. The predicted octanol–water partition coefficient (Wildman–Crippen LogP) is 5.40. The first kappa shape index (κ1) is 28.4. The van der Waals surface area contributed by atoms with Gasteiger partial charge in [0.25, 0.3) is 0 Å². The number of aliphatic imine (C=N–C) groups is 1. The average molecular weight is 529 g/mol. The van der Waals surface area contributed by atoms with Gasteiger partial charge in [-0.3, -0.25) is 9.79 Å². The Labute approximate surface area is 226 Å². The normalized spacial score (nSPS) is 10.7. The Bertz CT molecular complexity index is 1410. The minimum absolute atomic E-state index is 0.203. The molecule has 3 rings (SSSR count). The fourth-order valence-corrected chi connectivity index (χ4v) is 3.28. The number of rotatable bonds is 11. The summed E-state index contributed by atoms with van der Waals surface area (Å²) < 4.78 is 20.8. The predicted molar refractivity (Wildman–Crippen MR) is 149 cm³/mol. The van der Waals surface area contributed by atoms with Gasteiger partial charge in [0, 0.05) is 25.3 Å². The molecule has 3 aromatic carbocycles. The summed E-state index contributed by atoms with van der Waals surface area (Å²) in [5.41, 5.74) is 3.56. The molecule has 1 amide bonds. The lowest BCUT2D eigenvalue weighted by Crippen LogP contribution is -2.07. The van der Waals surface area contributed by atoms with Crippen LogP contribution < -0.4 is 19.5 Å². The second kappa shape index (κ2) is 13.9. The third-order valence-electron chi connectivity index (χ3n) is 5.16. The van der Waals surface area contributed by atoms with Crippen LogP contribution in [-0.4, -0.2) is 38.0 Å². The Hall–Kier alpha value is -5.18. The molecular formula is C30H28N2O7. The first-order valence-electron chi connectivity index (χ1n) is 11.8. The number of nitrogens with zero attached hydrogens (tertiary/aromatic N) is 1. The number of carbonyl (C=O) groups is 3. The molecule has 200 valence electrons. The zero-order valence-corrected chi connectivity index (χ0v) is 21.8. The third-order valence-corrected chi connectivity index (χ3v) is 5.16. The molecule has 0 aliphatic heterocycles. The molecule has 0 aromatic heterocycles. The van der Waals surface area contributed by atoms with Gasteiger partial charge in [-0.25, -0.2) is 9.59 Å². The van der Waals surface area contributed by atoms with Gasteiger partial charge in [0.1, 0.15) is 17.2 Å². The largest absolute Gasteiger partial charge is 0.495 e. The highest BCUT2D eigenvalue weighted by atomic mass is 16.7. The van der Waals surface area contributed by atoms with Crippen LogP contribution in [0, 0.1) is 6.92 Å². The zero-order valence-electron chi connectivity index (χ0n) is 21.8. The number of aryl methyl sites for hydroxylation is 1. The number of hydrogen-bond acceptors (Lipinski definition) is 8. The minimum atomic E-state index is -0.557. The van der Waals surface area contributed by atoms with Gasteiger partial charge in [-0.1, -0.05) is 12.6 Å². The van der Waals surface area contributed by atoms with Gasteiger partial charge in [-0.05, 0) is 84.3 Å². The van der Waals surface area contributed by atoms with Crippen LogP contribution >= 0.6 is 0 Å². The minimum Gasteiger partial charge on any atom is -0.495 e. The number of anilines is 1. The van der Waals surface area contributed by atoms with E-state index in [0.717, 1.165) is 17.2 Å². The number of esters is 2. The van der Waals surface area contributed by atoms with Gasteiger partial charge in [-0.2, -0.15) is 0 Å².